The summed E-state index contributed by atoms with van der Waals surface area (Å²) >= 11 is 0. The molecule has 0 amide bonds. The summed E-state index contributed by atoms with van der Waals surface area (Å²) in [5.74, 6) is 2.52. The first-order valence-corrected chi connectivity index (χ1v) is 8.23. The summed E-state index contributed by atoms with van der Waals surface area (Å²) in [4.78, 5) is 9.05. The quantitative estimate of drug-likeness (QED) is 0.721. The first kappa shape index (κ1) is 16.0. The van der Waals surface area contributed by atoms with E-state index in [-0.39, 0.29) is 0 Å². The minimum Gasteiger partial charge on any atom is -0.388 e. The van der Waals surface area contributed by atoms with E-state index in [1.165, 1.54) is 6.42 Å². The third kappa shape index (κ3) is 4.84. The third-order valence-corrected chi connectivity index (χ3v) is 3.99. The molecular weight excluding hydrogens is 264 g/mol. The monoisotopic (exact) mass is 292 g/mol. The van der Waals surface area contributed by atoms with E-state index in [0.29, 0.717) is 6.54 Å². The summed E-state index contributed by atoms with van der Waals surface area (Å²) in [6.45, 7) is 5.59. The largest absolute Gasteiger partial charge is 0.388 e. The van der Waals surface area contributed by atoms with E-state index < -0.39 is 5.60 Å². The molecule has 1 fully saturated rings. The van der Waals surface area contributed by atoms with E-state index in [1.807, 2.05) is 6.07 Å². The Morgan fingerprint density at radius 3 is 2.38 bits per heavy atom. The Kier molecular flexibility index (Phi) is 5.79. The Balaban J connectivity index is 2.03. The molecule has 1 aromatic heterocycles. The zero-order valence-electron chi connectivity index (χ0n) is 13.3. The zero-order valence-corrected chi connectivity index (χ0v) is 13.3. The molecular formula is C16H28N4O. The number of nitrogens with zero attached hydrogens (tertiary/aromatic N) is 2. The molecule has 118 valence electrons. The molecule has 0 radical (unpaired) electrons. The maximum absolute atomic E-state index is 10.6. The highest BCUT2D eigenvalue weighted by Crippen LogP contribution is 2.28. The van der Waals surface area contributed by atoms with Gasteiger partial charge in [0.05, 0.1) is 5.60 Å². The number of aromatic nitrogens is 2. The number of aryl methyl sites for hydroxylation is 1. The van der Waals surface area contributed by atoms with Crippen LogP contribution in [0.15, 0.2) is 6.07 Å². The van der Waals surface area contributed by atoms with Crippen LogP contribution in [-0.2, 0) is 6.42 Å². The molecule has 1 aliphatic carbocycles. The van der Waals surface area contributed by atoms with Crippen molar-refractivity contribution in [3.8, 4) is 0 Å². The highest BCUT2D eigenvalue weighted by Gasteiger charge is 2.28. The molecule has 5 heteroatoms. The molecule has 3 N–H and O–H groups in total. The van der Waals surface area contributed by atoms with Crippen molar-refractivity contribution in [1.29, 1.82) is 0 Å². The van der Waals surface area contributed by atoms with Crippen LogP contribution < -0.4 is 10.6 Å². The van der Waals surface area contributed by atoms with Gasteiger partial charge in [-0.25, -0.2) is 9.97 Å². The molecule has 0 unspecified atom stereocenters. The summed E-state index contributed by atoms with van der Waals surface area (Å²) < 4.78 is 0. The van der Waals surface area contributed by atoms with Gasteiger partial charge in [0, 0.05) is 25.6 Å². The number of rotatable bonds is 7. The highest BCUT2D eigenvalue weighted by atomic mass is 16.3. The van der Waals surface area contributed by atoms with Crippen LogP contribution in [0.25, 0.3) is 0 Å². The van der Waals surface area contributed by atoms with Crippen molar-refractivity contribution < 1.29 is 5.11 Å². The Bertz CT molecular complexity index is 420. The second kappa shape index (κ2) is 7.59. The van der Waals surface area contributed by atoms with Gasteiger partial charge in [-0.1, -0.05) is 26.2 Å². The van der Waals surface area contributed by atoms with E-state index in [9.17, 15) is 5.11 Å². The molecule has 5 nitrogen and oxygen atoms in total. The second-order valence-electron chi connectivity index (χ2n) is 5.97. The van der Waals surface area contributed by atoms with Crippen LogP contribution in [0.3, 0.4) is 0 Å². The van der Waals surface area contributed by atoms with Gasteiger partial charge in [0.1, 0.15) is 17.5 Å². The fourth-order valence-electron chi connectivity index (χ4n) is 2.84. The number of nitrogens with one attached hydrogen (secondary N) is 2. The van der Waals surface area contributed by atoms with Gasteiger partial charge >= 0.3 is 0 Å². The molecule has 0 saturated heterocycles. The van der Waals surface area contributed by atoms with Crippen LogP contribution in [0.1, 0.15) is 58.2 Å². The molecule has 1 aromatic rings. The van der Waals surface area contributed by atoms with E-state index in [2.05, 4.69) is 34.4 Å². The molecule has 2 rings (SSSR count). The van der Waals surface area contributed by atoms with Gasteiger partial charge in [-0.15, -0.1) is 0 Å². The second-order valence-corrected chi connectivity index (χ2v) is 5.97. The minimum atomic E-state index is -0.577. The predicted molar refractivity (Wildman–Crippen MR) is 86.7 cm³/mol. The van der Waals surface area contributed by atoms with Crippen molar-refractivity contribution in [2.45, 2.75) is 64.4 Å². The van der Waals surface area contributed by atoms with Gasteiger partial charge in [0.2, 0.25) is 0 Å². The van der Waals surface area contributed by atoms with Gasteiger partial charge in [0.15, 0.2) is 0 Å². The molecule has 21 heavy (non-hydrogen) atoms. The van der Waals surface area contributed by atoms with Crippen molar-refractivity contribution in [3.63, 3.8) is 0 Å². The normalized spacial score (nSPS) is 17.5. The molecule has 0 aromatic carbocycles. The summed E-state index contributed by atoms with van der Waals surface area (Å²) in [7, 11) is 0. The maximum atomic E-state index is 10.6. The van der Waals surface area contributed by atoms with Gasteiger partial charge < -0.3 is 15.7 Å². The molecule has 0 bridgehead atoms. The van der Waals surface area contributed by atoms with Crippen LogP contribution in [0.2, 0.25) is 0 Å². The standard InChI is InChI=1S/C16H28N4O/c1-3-8-13-19-14(17-4-2)11-15(20-13)18-12-16(21)9-6-5-7-10-16/h11,21H,3-10,12H2,1-2H3,(H2,17,18,19,20). The van der Waals surface area contributed by atoms with Gasteiger partial charge in [0.25, 0.3) is 0 Å². The molecule has 1 aliphatic rings. The van der Waals surface area contributed by atoms with Crippen molar-refractivity contribution >= 4 is 11.6 Å². The lowest BCUT2D eigenvalue weighted by molar-refractivity contribution is 0.0166. The van der Waals surface area contributed by atoms with Crippen LogP contribution >= 0.6 is 0 Å². The Morgan fingerprint density at radius 1 is 1.10 bits per heavy atom. The van der Waals surface area contributed by atoms with Crippen LogP contribution in [0.4, 0.5) is 11.6 Å². The smallest absolute Gasteiger partial charge is 0.133 e. The Morgan fingerprint density at radius 2 is 1.76 bits per heavy atom. The zero-order chi connectivity index (χ0) is 15.1. The number of hydrogen-bond donors (Lipinski definition) is 3. The summed E-state index contributed by atoms with van der Waals surface area (Å²) in [6, 6.07) is 1.93. The van der Waals surface area contributed by atoms with E-state index in [1.54, 1.807) is 0 Å². The van der Waals surface area contributed by atoms with Crippen LogP contribution in [0.5, 0.6) is 0 Å². The lowest BCUT2D eigenvalue weighted by Gasteiger charge is -2.32. The Hall–Kier alpha value is -1.36. The van der Waals surface area contributed by atoms with Crippen LogP contribution in [-0.4, -0.2) is 33.8 Å². The minimum absolute atomic E-state index is 0.571. The number of anilines is 2. The van der Waals surface area contributed by atoms with Crippen molar-refractivity contribution in [2.24, 2.45) is 0 Å². The molecule has 0 atom stereocenters. The van der Waals surface area contributed by atoms with E-state index in [0.717, 1.165) is 62.5 Å². The lowest BCUT2D eigenvalue weighted by atomic mass is 9.85. The first-order valence-electron chi connectivity index (χ1n) is 8.23. The SMILES string of the molecule is CCCc1nc(NCC)cc(NCC2(O)CCCCC2)n1. The molecule has 0 aliphatic heterocycles. The molecule has 1 saturated carbocycles. The number of hydrogen-bond acceptors (Lipinski definition) is 5. The van der Waals surface area contributed by atoms with Crippen molar-refractivity contribution in [1.82, 2.24) is 9.97 Å². The van der Waals surface area contributed by atoms with Crippen LogP contribution in [0, 0.1) is 0 Å². The van der Waals surface area contributed by atoms with E-state index in [4.69, 9.17) is 0 Å². The fraction of sp³-hybridized carbons (Fsp3) is 0.750. The van der Waals surface area contributed by atoms with Crippen molar-refractivity contribution in [3.05, 3.63) is 11.9 Å². The third-order valence-electron chi connectivity index (χ3n) is 3.99. The van der Waals surface area contributed by atoms with Gasteiger partial charge in [-0.05, 0) is 26.2 Å². The van der Waals surface area contributed by atoms with Gasteiger partial charge in [-0.2, -0.15) is 0 Å². The topological polar surface area (TPSA) is 70.1 Å². The first-order chi connectivity index (χ1) is 10.1. The average Bonchev–Trinajstić information content (AvgIpc) is 2.47. The number of aliphatic hydroxyl groups is 1. The average molecular weight is 292 g/mol. The van der Waals surface area contributed by atoms with Gasteiger partial charge in [-0.3, -0.25) is 0 Å². The molecule has 1 heterocycles. The summed E-state index contributed by atoms with van der Waals surface area (Å²) in [5, 5.41) is 17.1. The van der Waals surface area contributed by atoms with E-state index >= 15 is 0 Å². The fourth-order valence-corrected chi connectivity index (χ4v) is 2.84. The lowest BCUT2D eigenvalue weighted by Crippen LogP contribution is -2.39. The Labute approximate surface area is 127 Å². The predicted octanol–water partition coefficient (Wildman–Crippen LogP) is 2.97. The highest BCUT2D eigenvalue weighted by molar-refractivity contribution is 5.47. The summed E-state index contributed by atoms with van der Waals surface area (Å²) in [6.07, 6.45) is 7.13. The summed E-state index contributed by atoms with van der Waals surface area (Å²) in [5.41, 5.74) is -0.577. The maximum Gasteiger partial charge on any atom is 0.133 e. The van der Waals surface area contributed by atoms with Crippen molar-refractivity contribution in [2.75, 3.05) is 23.7 Å². The molecule has 0 spiro atoms.